The van der Waals surface area contributed by atoms with Crippen molar-refractivity contribution in [2.24, 2.45) is 0 Å². The number of hydrogen-bond donors (Lipinski definition) is 1. The molecule has 0 radical (unpaired) electrons. The van der Waals surface area contributed by atoms with Gasteiger partial charge in [0.05, 0.1) is 11.5 Å². The summed E-state index contributed by atoms with van der Waals surface area (Å²) in [6.07, 6.45) is 2.90. The lowest BCUT2D eigenvalue weighted by Gasteiger charge is -2.23. The fourth-order valence-corrected chi connectivity index (χ4v) is 4.01. The zero-order valence-electron chi connectivity index (χ0n) is 14.2. The number of benzene rings is 2. The molecule has 0 spiro atoms. The van der Waals surface area contributed by atoms with Gasteiger partial charge in [0.1, 0.15) is 5.75 Å². The van der Waals surface area contributed by atoms with Crippen LogP contribution in [0.3, 0.4) is 0 Å². The molecule has 2 aromatic carbocycles. The summed E-state index contributed by atoms with van der Waals surface area (Å²) in [7, 11) is -3.54. The van der Waals surface area contributed by atoms with Crippen LogP contribution in [0.25, 0.3) is 0 Å². The molecule has 1 aliphatic heterocycles. The van der Waals surface area contributed by atoms with Gasteiger partial charge in [0.25, 0.3) is 0 Å². The molecule has 25 heavy (non-hydrogen) atoms. The smallest absolute Gasteiger partial charge is 0.241 e. The second kappa shape index (κ2) is 7.99. The van der Waals surface area contributed by atoms with E-state index in [0.29, 0.717) is 0 Å². The molecule has 1 heterocycles. The molecule has 2 unspecified atom stereocenters. The summed E-state index contributed by atoms with van der Waals surface area (Å²) in [4.78, 5) is 0.260. The molecule has 6 heteroatoms. The third-order valence-electron chi connectivity index (χ3n) is 4.17. The van der Waals surface area contributed by atoms with E-state index in [2.05, 4.69) is 4.72 Å². The Hall–Kier alpha value is -1.89. The summed E-state index contributed by atoms with van der Waals surface area (Å²) < 4.78 is 38.8. The van der Waals surface area contributed by atoms with Crippen LogP contribution in [0.2, 0.25) is 0 Å². The first-order valence-corrected chi connectivity index (χ1v) is 9.98. The minimum Gasteiger partial charge on any atom is -0.465 e. The maximum absolute atomic E-state index is 12.4. The first-order valence-electron chi connectivity index (χ1n) is 8.50. The van der Waals surface area contributed by atoms with Gasteiger partial charge in [-0.2, -0.15) is 0 Å². The van der Waals surface area contributed by atoms with E-state index in [0.717, 1.165) is 37.2 Å². The molecule has 1 aliphatic rings. The summed E-state index contributed by atoms with van der Waals surface area (Å²) in [5.74, 6) is 0.730. The average molecular weight is 361 g/mol. The van der Waals surface area contributed by atoms with E-state index in [-0.39, 0.29) is 17.2 Å². The number of ether oxygens (including phenoxy) is 2. The predicted octanol–water partition coefficient (Wildman–Crippen LogP) is 3.63. The Labute approximate surface area is 149 Å². The lowest BCUT2D eigenvalue weighted by Crippen LogP contribution is -2.27. The van der Waals surface area contributed by atoms with Crippen LogP contribution in [0.4, 0.5) is 0 Å². The first-order chi connectivity index (χ1) is 12.0. The van der Waals surface area contributed by atoms with Crippen LogP contribution in [0, 0.1) is 0 Å². The third-order valence-corrected chi connectivity index (χ3v) is 5.73. The molecular formula is C19H23NO4S. The zero-order valence-corrected chi connectivity index (χ0v) is 15.0. The summed E-state index contributed by atoms with van der Waals surface area (Å²) in [6.45, 7) is 2.56. The molecular weight excluding hydrogens is 338 g/mol. The Bertz CT molecular complexity index is 769. The highest BCUT2D eigenvalue weighted by Gasteiger charge is 2.19. The fraction of sp³-hybridized carbons (Fsp3) is 0.368. The molecule has 1 fully saturated rings. The van der Waals surface area contributed by atoms with Gasteiger partial charge in [-0.15, -0.1) is 0 Å². The van der Waals surface area contributed by atoms with Crippen molar-refractivity contribution in [2.75, 3.05) is 6.61 Å². The standard InChI is InChI=1S/C19H23NO4S/c1-15(20-25(21,22)18-7-3-2-4-8-18)16-10-12-17(13-11-16)24-19-9-5-6-14-23-19/h2-4,7-8,10-13,15,19-20H,5-6,9,14H2,1H3. The molecule has 134 valence electrons. The van der Waals surface area contributed by atoms with E-state index in [1.165, 1.54) is 0 Å². The van der Waals surface area contributed by atoms with Crippen LogP contribution in [-0.4, -0.2) is 21.3 Å². The minimum atomic E-state index is -3.54. The molecule has 0 saturated carbocycles. The van der Waals surface area contributed by atoms with Gasteiger partial charge in [0.15, 0.2) is 6.29 Å². The van der Waals surface area contributed by atoms with Crippen molar-refractivity contribution in [3.8, 4) is 5.75 Å². The van der Waals surface area contributed by atoms with Gasteiger partial charge in [-0.25, -0.2) is 13.1 Å². The summed E-state index contributed by atoms with van der Waals surface area (Å²) >= 11 is 0. The van der Waals surface area contributed by atoms with Gasteiger partial charge >= 0.3 is 0 Å². The first kappa shape index (κ1) is 17.9. The van der Waals surface area contributed by atoms with Gasteiger partial charge in [0, 0.05) is 12.5 Å². The highest BCUT2D eigenvalue weighted by atomic mass is 32.2. The molecule has 5 nitrogen and oxygen atoms in total. The Morgan fingerprint density at radius 2 is 1.80 bits per heavy atom. The molecule has 3 rings (SSSR count). The van der Waals surface area contributed by atoms with Crippen molar-refractivity contribution in [1.29, 1.82) is 0 Å². The van der Waals surface area contributed by atoms with Gasteiger partial charge in [-0.05, 0) is 49.6 Å². The highest BCUT2D eigenvalue weighted by Crippen LogP contribution is 2.23. The van der Waals surface area contributed by atoms with Crippen LogP contribution in [-0.2, 0) is 14.8 Å². The summed E-state index contributed by atoms with van der Waals surface area (Å²) in [5.41, 5.74) is 0.872. The Balaban J connectivity index is 1.63. The third kappa shape index (κ3) is 4.81. The van der Waals surface area contributed by atoms with E-state index >= 15 is 0 Å². The van der Waals surface area contributed by atoms with E-state index in [4.69, 9.17) is 9.47 Å². The topological polar surface area (TPSA) is 64.6 Å². The van der Waals surface area contributed by atoms with E-state index in [1.807, 2.05) is 31.2 Å². The second-order valence-electron chi connectivity index (χ2n) is 6.14. The normalized spacial score (nSPS) is 19.3. The van der Waals surface area contributed by atoms with E-state index < -0.39 is 10.0 Å². The van der Waals surface area contributed by atoms with Crippen molar-refractivity contribution in [3.63, 3.8) is 0 Å². The molecule has 2 atom stereocenters. The summed E-state index contributed by atoms with van der Waals surface area (Å²) in [5, 5.41) is 0. The quantitative estimate of drug-likeness (QED) is 0.853. The minimum absolute atomic E-state index is 0.186. The number of hydrogen-bond acceptors (Lipinski definition) is 4. The molecule has 0 amide bonds. The monoisotopic (exact) mass is 361 g/mol. The SMILES string of the molecule is CC(NS(=O)(=O)c1ccccc1)c1ccc(OC2CCCCO2)cc1. The van der Waals surface area contributed by atoms with E-state index in [1.54, 1.807) is 30.3 Å². The lowest BCUT2D eigenvalue weighted by molar-refractivity contribution is -0.105. The van der Waals surface area contributed by atoms with E-state index in [9.17, 15) is 8.42 Å². The lowest BCUT2D eigenvalue weighted by atomic mass is 10.1. The maximum atomic E-state index is 12.4. The molecule has 0 bridgehead atoms. The van der Waals surface area contributed by atoms with Gasteiger partial charge in [-0.3, -0.25) is 0 Å². The highest BCUT2D eigenvalue weighted by molar-refractivity contribution is 7.89. The van der Waals surface area contributed by atoms with Crippen LogP contribution >= 0.6 is 0 Å². The number of rotatable bonds is 6. The average Bonchev–Trinajstić information content (AvgIpc) is 2.63. The largest absolute Gasteiger partial charge is 0.465 e. The Kier molecular flexibility index (Phi) is 5.73. The Morgan fingerprint density at radius 3 is 2.44 bits per heavy atom. The Morgan fingerprint density at radius 1 is 1.08 bits per heavy atom. The zero-order chi connectivity index (χ0) is 17.7. The van der Waals surface area contributed by atoms with Crippen LogP contribution < -0.4 is 9.46 Å². The molecule has 0 aliphatic carbocycles. The number of sulfonamides is 1. The molecule has 1 N–H and O–H groups in total. The van der Waals surface area contributed by atoms with Crippen molar-refractivity contribution in [1.82, 2.24) is 4.72 Å². The van der Waals surface area contributed by atoms with Crippen LogP contribution in [0.5, 0.6) is 5.75 Å². The maximum Gasteiger partial charge on any atom is 0.241 e. The van der Waals surface area contributed by atoms with Gasteiger partial charge < -0.3 is 9.47 Å². The van der Waals surface area contributed by atoms with Crippen molar-refractivity contribution in [3.05, 3.63) is 60.2 Å². The molecule has 0 aromatic heterocycles. The van der Waals surface area contributed by atoms with Crippen molar-refractivity contribution in [2.45, 2.75) is 43.4 Å². The van der Waals surface area contributed by atoms with Crippen LogP contribution in [0.1, 0.15) is 37.8 Å². The summed E-state index contributed by atoms with van der Waals surface area (Å²) in [6, 6.07) is 15.5. The van der Waals surface area contributed by atoms with Gasteiger partial charge in [-0.1, -0.05) is 30.3 Å². The fourth-order valence-electron chi connectivity index (χ4n) is 2.76. The van der Waals surface area contributed by atoms with Crippen molar-refractivity contribution >= 4 is 10.0 Å². The second-order valence-corrected chi connectivity index (χ2v) is 7.85. The van der Waals surface area contributed by atoms with Crippen molar-refractivity contribution < 1.29 is 17.9 Å². The van der Waals surface area contributed by atoms with Crippen LogP contribution in [0.15, 0.2) is 59.5 Å². The number of nitrogens with one attached hydrogen (secondary N) is 1. The molecule has 1 saturated heterocycles. The predicted molar refractivity (Wildman–Crippen MR) is 95.8 cm³/mol. The van der Waals surface area contributed by atoms with Gasteiger partial charge in [0.2, 0.25) is 10.0 Å². The molecule has 2 aromatic rings.